The van der Waals surface area contributed by atoms with Gasteiger partial charge in [-0.3, -0.25) is 0 Å². The van der Waals surface area contributed by atoms with Crippen LogP contribution in [0.25, 0.3) is 0 Å². The smallest absolute Gasteiger partial charge is 0.139 e. The summed E-state index contributed by atoms with van der Waals surface area (Å²) in [4.78, 5) is 0. The van der Waals surface area contributed by atoms with E-state index in [4.69, 9.17) is 27.9 Å². The van der Waals surface area contributed by atoms with E-state index in [-0.39, 0.29) is 11.9 Å². The second-order valence-electron chi connectivity index (χ2n) is 4.38. The SMILES string of the molecule is COc1cc(NC(C)c2ccc(F)cc2Cl)ccc1Cl. The Balaban J connectivity index is 2.21. The molecule has 1 atom stereocenters. The maximum atomic E-state index is 13.0. The average molecular weight is 314 g/mol. The molecule has 2 aromatic carbocycles. The summed E-state index contributed by atoms with van der Waals surface area (Å²) in [5.74, 6) is 0.244. The molecule has 2 aromatic rings. The Bertz CT molecular complexity index is 619. The minimum Gasteiger partial charge on any atom is -0.495 e. The van der Waals surface area contributed by atoms with Gasteiger partial charge in [-0.25, -0.2) is 4.39 Å². The van der Waals surface area contributed by atoms with E-state index in [0.717, 1.165) is 11.3 Å². The van der Waals surface area contributed by atoms with Crippen molar-refractivity contribution in [3.63, 3.8) is 0 Å². The van der Waals surface area contributed by atoms with Gasteiger partial charge in [-0.15, -0.1) is 0 Å². The summed E-state index contributed by atoms with van der Waals surface area (Å²) >= 11 is 12.0. The van der Waals surface area contributed by atoms with Gasteiger partial charge in [0.15, 0.2) is 0 Å². The monoisotopic (exact) mass is 313 g/mol. The molecule has 1 unspecified atom stereocenters. The van der Waals surface area contributed by atoms with Crippen molar-refractivity contribution in [3.05, 3.63) is 57.8 Å². The van der Waals surface area contributed by atoms with Crippen LogP contribution in [0, 0.1) is 5.82 Å². The zero-order chi connectivity index (χ0) is 14.7. The quantitative estimate of drug-likeness (QED) is 0.825. The molecule has 1 N–H and O–H groups in total. The lowest BCUT2D eigenvalue weighted by molar-refractivity contribution is 0.415. The minimum absolute atomic E-state index is 0.0750. The molecule has 2 nitrogen and oxygen atoms in total. The Morgan fingerprint density at radius 3 is 2.50 bits per heavy atom. The van der Waals surface area contributed by atoms with Gasteiger partial charge in [-0.05, 0) is 36.8 Å². The molecule has 0 bridgehead atoms. The van der Waals surface area contributed by atoms with Gasteiger partial charge in [0.2, 0.25) is 0 Å². The van der Waals surface area contributed by atoms with Crippen LogP contribution in [0.1, 0.15) is 18.5 Å². The highest BCUT2D eigenvalue weighted by molar-refractivity contribution is 6.32. The van der Waals surface area contributed by atoms with E-state index < -0.39 is 0 Å². The molecule has 106 valence electrons. The predicted octanol–water partition coefficient (Wildman–Crippen LogP) is 5.31. The van der Waals surface area contributed by atoms with Gasteiger partial charge in [0.05, 0.1) is 12.1 Å². The normalized spacial score (nSPS) is 12.1. The molecule has 0 radical (unpaired) electrons. The van der Waals surface area contributed by atoms with Crippen molar-refractivity contribution in [2.75, 3.05) is 12.4 Å². The van der Waals surface area contributed by atoms with Crippen LogP contribution >= 0.6 is 23.2 Å². The van der Waals surface area contributed by atoms with Crippen LogP contribution in [0.15, 0.2) is 36.4 Å². The van der Waals surface area contributed by atoms with Crippen molar-refractivity contribution in [1.29, 1.82) is 0 Å². The Morgan fingerprint density at radius 2 is 1.85 bits per heavy atom. The van der Waals surface area contributed by atoms with Gasteiger partial charge >= 0.3 is 0 Å². The lowest BCUT2D eigenvalue weighted by Gasteiger charge is -2.18. The summed E-state index contributed by atoms with van der Waals surface area (Å²) < 4.78 is 18.2. The molecule has 0 fully saturated rings. The predicted molar refractivity (Wildman–Crippen MR) is 81.5 cm³/mol. The van der Waals surface area contributed by atoms with E-state index >= 15 is 0 Å². The maximum Gasteiger partial charge on any atom is 0.139 e. The minimum atomic E-state index is -0.348. The van der Waals surface area contributed by atoms with Crippen LogP contribution in [0.4, 0.5) is 10.1 Å². The molecule has 0 saturated carbocycles. The van der Waals surface area contributed by atoms with E-state index in [2.05, 4.69) is 5.32 Å². The van der Waals surface area contributed by atoms with Crippen LogP contribution in [0.5, 0.6) is 5.75 Å². The molecule has 0 amide bonds. The molecule has 0 aromatic heterocycles. The Labute approximate surface area is 127 Å². The number of hydrogen-bond acceptors (Lipinski definition) is 2. The second kappa shape index (κ2) is 6.33. The number of methoxy groups -OCH3 is 1. The summed E-state index contributed by atoms with van der Waals surface area (Å²) in [6, 6.07) is 9.69. The third-order valence-electron chi connectivity index (χ3n) is 2.96. The Morgan fingerprint density at radius 1 is 1.10 bits per heavy atom. The molecule has 0 aliphatic rings. The number of ether oxygens (including phenoxy) is 1. The summed E-state index contributed by atoms with van der Waals surface area (Å²) in [7, 11) is 1.56. The van der Waals surface area contributed by atoms with Gasteiger partial charge in [-0.1, -0.05) is 29.3 Å². The second-order valence-corrected chi connectivity index (χ2v) is 5.20. The lowest BCUT2D eigenvalue weighted by atomic mass is 10.1. The number of halogens is 3. The van der Waals surface area contributed by atoms with Gasteiger partial charge in [0.1, 0.15) is 11.6 Å². The molecular formula is C15H14Cl2FNO. The van der Waals surface area contributed by atoms with Gasteiger partial charge in [-0.2, -0.15) is 0 Å². The third-order valence-corrected chi connectivity index (χ3v) is 3.60. The van der Waals surface area contributed by atoms with E-state index in [1.54, 1.807) is 25.3 Å². The van der Waals surface area contributed by atoms with E-state index in [9.17, 15) is 4.39 Å². The number of anilines is 1. The van der Waals surface area contributed by atoms with Crippen molar-refractivity contribution < 1.29 is 9.13 Å². The van der Waals surface area contributed by atoms with Gasteiger partial charge in [0, 0.05) is 22.8 Å². The fourth-order valence-electron chi connectivity index (χ4n) is 1.93. The first kappa shape index (κ1) is 14.9. The van der Waals surface area contributed by atoms with Crippen molar-refractivity contribution in [2.45, 2.75) is 13.0 Å². The number of hydrogen-bond donors (Lipinski definition) is 1. The number of nitrogens with one attached hydrogen (secondary N) is 1. The number of benzene rings is 2. The van der Waals surface area contributed by atoms with Crippen molar-refractivity contribution >= 4 is 28.9 Å². The van der Waals surface area contributed by atoms with Crippen molar-refractivity contribution in [2.24, 2.45) is 0 Å². The zero-order valence-electron chi connectivity index (χ0n) is 11.1. The van der Waals surface area contributed by atoms with Crippen molar-refractivity contribution in [1.82, 2.24) is 0 Å². The van der Waals surface area contributed by atoms with E-state index in [1.807, 2.05) is 13.0 Å². The number of rotatable bonds is 4. The summed E-state index contributed by atoms with van der Waals surface area (Å²) in [5.41, 5.74) is 1.67. The fourth-order valence-corrected chi connectivity index (χ4v) is 2.46. The van der Waals surface area contributed by atoms with E-state index in [0.29, 0.717) is 15.8 Å². The van der Waals surface area contributed by atoms with Gasteiger partial charge < -0.3 is 10.1 Å². The van der Waals surface area contributed by atoms with Crippen molar-refractivity contribution in [3.8, 4) is 5.75 Å². The van der Waals surface area contributed by atoms with E-state index in [1.165, 1.54) is 12.1 Å². The van der Waals surface area contributed by atoms with Crippen LogP contribution in [-0.4, -0.2) is 7.11 Å². The molecule has 2 rings (SSSR count). The molecule has 0 saturated heterocycles. The average Bonchev–Trinajstić information content (AvgIpc) is 2.40. The molecule has 0 spiro atoms. The van der Waals surface area contributed by atoms with Crippen LogP contribution < -0.4 is 10.1 Å². The highest BCUT2D eigenvalue weighted by Crippen LogP contribution is 2.31. The Hall–Kier alpha value is -1.45. The standard InChI is InChI=1S/C15H14Cl2FNO/c1-9(12-5-3-10(18)7-14(12)17)19-11-4-6-13(16)15(8-11)20-2/h3-9,19H,1-2H3. The first-order valence-electron chi connectivity index (χ1n) is 6.06. The first-order valence-corrected chi connectivity index (χ1v) is 6.82. The molecule has 20 heavy (non-hydrogen) atoms. The third kappa shape index (κ3) is 3.35. The fraction of sp³-hybridized carbons (Fsp3) is 0.200. The van der Waals surface area contributed by atoms with Gasteiger partial charge in [0.25, 0.3) is 0 Å². The first-order chi connectivity index (χ1) is 9.51. The molecule has 0 aliphatic carbocycles. The van der Waals surface area contributed by atoms with Crippen LogP contribution in [-0.2, 0) is 0 Å². The summed E-state index contributed by atoms with van der Waals surface area (Å²) in [6.45, 7) is 1.94. The molecule has 5 heteroatoms. The highest BCUT2D eigenvalue weighted by atomic mass is 35.5. The lowest BCUT2D eigenvalue weighted by Crippen LogP contribution is -2.07. The summed E-state index contributed by atoms with van der Waals surface area (Å²) in [6.07, 6.45) is 0. The molecular weight excluding hydrogens is 300 g/mol. The topological polar surface area (TPSA) is 21.3 Å². The Kier molecular flexibility index (Phi) is 4.73. The highest BCUT2D eigenvalue weighted by Gasteiger charge is 2.11. The largest absolute Gasteiger partial charge is 0.495 e. The summed E-state index contributed by atoms with van der Waals surface area (Å²) in [5, 5.41) is 4.22. The van der Waals surface area contributed by atoms with Crippen LogP contribution in [0.3, 0.4) is 0 Å². The molecule has 0 aliphatic heterocycles. The van der Waals surface area contributed by atoms with Crippen LogP contribution in [0.2, 0.25) is 10.0 Å². The zero-order valence-corrected chi connectivity index (χ0v) is 12.6. The maximum absolute atomic E-state index is 13.0. The molecule has 0 heterocycles.